The van der Waals surface area contributed by atoms with Gasteiger partial charge < -0.3 is 9.72 Å². The molecule has 1 aliphatic rings. The zero-order chi connectivity index (χ0) is 15.6. The van der Waals surface area contributed by atoms with Crippen molar-refractivity contribution in [3.8, 4) is 0 Å². The molecule has 7 nitrogen and oxygen atoms in total. The number of amides is 2. The molecule has 1 aromatic rings. The second kappa shape index (κ2) is 5.99. The summed E-state index contributed by atoms with van der Waals surface area (Å²) < 4.78 is 4.73. The number of aromatic nitrogens is 1. The first-order valence-electron chi connectivity index (χ1n) is 6.89. The second-order valence-corrected chi connectivity index (χ2v) is 5.04. The first-order valence-corrected chi connectivity index (χ1v) is 6.89. The van der Waals surface area contributed by atoms with Crippen LogP contribution in [0.25, 0.3) is 0 Å². The first kappa shape index (κ1) is 15.1. The fourth-order valence-electron chi connectivity index (χ4n) is 2.16. The maximum atomic E-state index is 12.1. The highest BCUT2D eigenvalue weighted by Crippen LogP contribution is 2.28. The van der Waals surface area contributed by atoms with Crippen LogP contribution in [0.3, 0.4) is 0 Å². The van der Waals surface area contributed by atoms with Crippen LogP contribution in [0.1, 0.15) is 51.9 Å². The smallest absolute Gasteiger partial charge is 0.339 e. The van der Waals surface area contributed by atoms with E-state index in [2.05, 4.69) is 15.8 Å². The highest BCUT2D eigenvalue weighted by atomic mass is 16.5. The average Bonchev–Trinajstić information content (AvgIpc) is 3.27. The number of hydrogen-bond acceptors (Lipinski definition) is 4. The Hall–Kier alpha value is -2.31. The normalized spacial score (nSPS) is 13.7. The molecule has 0 spiro atoms. The van der Waals surface area contributed by atoms with Gasteiger partial charge in [0, 0.05) is 11.6 Å². The summed E-state index contributed by atoms with van der Waals surface area (Å²) in [5.41, 5.74) is 6.52. The fourth-order valence-corrected chi connectivity index (χ4v) is 2.16. The summed E-state index contributed by atoms with van der Waals surface area (Å²) in [4.78, 5) is 38.3. The standard InChI is InChI=1S/C14H19N3O4/c1-4-9-10(14(20)21-3)7(2)11(15-9)13(19)17-16-12(18)8-5-6-8/h8,15H,4-6H2,1-3H3,(H,16,18)(H,17,19). The van der Waals surface area contributed by atoms with Gasteiger partial charge in [-0.15, -0.1) is 0 Å². The van der Waals surface area contributed by atoms with E-state index >= 15 is 0 Å². The van der Waals surface area contributed by atoms with E-state index in [-0.39, 0.29) is 17.5 Å². The molecular weight excluding hydrogens is 274 g/mol. The van der Waals surface area contributed by atoms with Crippen molar-refractivity contribution >= 4 is 17.8 Å². The van der Waals surface area contributed by atoms with E-state index in [4.69, 9.17) is 4.74 Å². The van der Waals surface area contributed by atoms with E-state index < -0.39 is 11.9 Å². The van der Waals surface area contributed by atoms with Crippen molar-refractivity contribution in [2.24, 2.45) is 5.92 Å². The van der Waals surface area contributed by atoms with E-state index in [1.54, 1.807) is 6.92 Å². The summed E-state index contributed by atoms with van der Waals surface area (Å²) in [5.74, 6) is -1.14. The number of hydrazine groups is 1. The van der Waals surface area contributed by atoms with E-state index in [0.717, 1.165) is 12.8 Å². The van der Waals surface area contributed by atoms with Crippen molar-refractivity contribution in [3.63, 3.8) is 0 Å². The molecular formula is C14H19N3O4. The molecule has 0 radical (unpaired) electrons. The number of rotatable bonds is 4. The molecule has 2 rings (SSSR count). The molecule has 0 unspecified atom stereocenters. The summed E-state index contributed by atoms with van der Waals surface area (Å²) in [6, 6.07) is 0. The van der Waals surface area contributed by atoms with Crippen molar-refractivity contribution in [3.05, 3.63) is 22.5 Å². The average molecular weight is 293 g/mol. The van der Waals surface area contributed by atoms with Gasteiger partial charge in [0.05, 0.1) is 12.7 Å². The van der Waals surface area contributed by atoms with Gasteiger partial charge >= 0.3 is 5.97 Å². The topological polar surface area (TPSA) is 100 Å². The highest BCUT2D eigenvalue weighted by molar-refractivity contribution is 6.01. The summed E-state index contributed by atoms with van der Waals surface area (Å²) in [6.45, 7) is 3.54. The third-order valence-corrected chi connectivity index (χ3v) is 3.55. The van der Waals surface area contributed by atoms with E-state index in [0.29, 0.717) is 23.2 Å². The van der Waals surface area contributed by atoms with Crippen LogP contribution < -0.4 is 10.9 Å². The third kappa shape index (κ3) is 3.07. The van der Waals surface area contributed by atoms with Crippen molar-refractivity contribution in [2.45, 2.75) is 33.1 Å². The van der Waals surface area contributed by atoms with Crippen LogP contribution in [0.4, 0.5) is 0 Å². The van der Waals surface area contributed by atoms with Crippen LogP contribution in [0, 0.1) is 12.8 Å². The molecule has 2 amide bonds. The molecule has 1 aromatic heterocycles. The minimum absolute atomic E-state index is 0.00636. The largest absolute Gasteiger partial charge is 0.465 e. The lowest BCUT2D eigenvalue weighted by Gasteiger charge is -2.06. The lowest BCUT2D eigenvalue weighted by Crippen LogP contribution is -2.42. The number of methoxy groups -OCH3 is 1. The van der Waals surface area contributed by atoms with Crippen LogP contribution in [0.5, 0.6) is 0 Å². The highest BCUT2D eigenvalue weighted by Gasteiger charge is 2.30. The monoisotopic (exact) mass is 293 g/mol. The van der Waals surface area contributed by atoms with Gasteiger partial charge in [0.1, 0.15) is 5.69 Å². The summed E-state index contributed by atoms with van der Waals surface area (Å²) in [5, 5.41) is 0. The number of carbonyl (C=O) groups is 3. The molecule has 0 atom stereocenters. The summed E-state index contributed by atoms with van der Waals surface area (Å²) >= 11 is 0. The molecule has 1 fully saturated rings. The van der Waals surface area contributed by atoms with E-state index in [9.17, 15) is 14.4 Å². The Balaban J connectivity index is 2.14. The van der Waals surface area contributed by atoms with Gasteiger partial charge in [0.15, 0.2) is 0 Å². The molecule has 3 N–H and O–H groups in total. The Morgan fingerprint density at radius 1 is 1.29 bits per heavy atom. The van der Waals surface area contributed by atoms with E-state index in [1.807, 2.05) is 6.92 Å². The maximum Gasteiger partial charge on any atom is 0.339 e. The van der Waals surface area contributed by atoms with Crippen LogP contribution >= 0.6 is 0 Å². The minimum Gasteiger partial charge on any atom is -0.465 e. The van der Waals surface area contributed by atoms with Crippen LogP contribution in [-0.4, -0.2) is 29.9 Å². The summed E-state index contributed by atoms with van der Waals surface area (Å²) in [7, 11) is 1.30. The van der Waals surface area contributed by atoms with Gasteiger partial charge in [-0.25, -0.2) is 4.79 Å². The van der Waals surface area contributed by atoms with Crippen LogP contribution in [-0.2, 0) is 16.0 Å². The molecule has 1 saturated carbocycles. The van der Waals surface area contributed by atoms with Crippen molar-refractivity contribution in [1.29, 1.82) is 0 Å². The number of hydrogen-bond donors (Lipinski definition) is 3. The Labute approximate surface area is 122 Å². The molecule has 0 aromatic carbocycles. The Bertz CT molecular complexity index is 587. The Morgan fingerprint density at radius 3 is 2.48 bits per heavy atom. The molecule has 0 aliphatic heterocycles. The number of esters is 1. The molecule has 1 heterocycles. The minimum atomic E-state index is -0.485. The molecule has 114 valence electrons. The zero-order valence-corrected chi connectivity index (χ0v) is 12.3. The van der Waals surface area contributed by atoms with Crippen LogP contribution in [0.15, 0.2) is 0 Å². The predicted octanol–water partition coefficient (Wildman–Crippen LogP) is 0.843. The van der Waals surface area contributed by atoms with Gasteiger partial charge in [-0.1, -0.05) is 6.92 Å². The van der Waals surface area contributed by atoms with Crippen molar-refractivity contribution in [1.82, 2.24) is 15.8 Å². The maximum absolute atomic E-state index is 12.1. The number of aromatic amines is 1. The third-order valence-electron chi connectivity index (χ3n) is 3.55. The molecule has 21 heavy (non-hydrogen) atoms. The number of ether oxygens (including phenoxy) is 1. The van der Waals surface area contributed by atoms with Crippen LogP contribution in [0.2, 0.25) is 0 Å². The number of carbonyl (C=O) groups excluding carboxylic acids is 3. The number of nitrogens with one attached hydrogen (secondary N) is 3. The summed E-state index contributed by atoms with van der Waals surface area (Å²) in [6.07, 6.45) is 2.28. The molecule has 0 saturated heterocycles. The van der Waals surface area contributed by atoms with Gasteiger partial charge in [-0.05, 0) is 31.7 Å². The Kier molecular flexibility index (Phi) is 4.30. The van der Waals surface area contributed by atoms with Gasteiger partial charge in [0.25, 0.3) is 5.91 Å². The first-order chi connectivity index (χ1) is 9.99. The number of aryl methyl sites for hydroxylation is 1. The Morgan fingerprint density at radius 2 is 1.95 bits per heavy atom. The molecule has 7 heteroatoms. The SMILES string of the molecule is CCc1[nH]c(C(=O)NNC(=O)C2CC2)c(C)c1C(=O)OC. The molecule has 0 bridgehead atoms. The van der Waals surface area contributed by atoms with Crippen molar-refractivity contribution in [2.75, 3.05) is 7.11 Å². The predicted molar refractivity (Wildman–Crippen MR) is 74.6 cm³/mol. The quantitative estimate of drug-likeness (QED) is 0.565. The number of H-pyrrole nitrogens is 1. The second-order valence-electron chi connectivity index (χ2n) is 5.04. The van der Waals surface area contributed by atoms with Gasteiger partial charge in [0.2, 0.25) is 5.91 Å². The van der Waals surface area contributed by atoms with E-state index in [1.165, 1.54) is 7.11 Å². The fraction of sp³-hybridized carbons (Fsp3) is 0.500. The van der Waals surface area contributed by atoms with Crippen molar-refractivity contribution < 1.29 is 19.1 Å². The molecule has 1 aliphatic carbocycles. The lowest BCUT2D eigenvalue weighted by molar-refractivity contribution is -0.123. The van der Waals surface area contributed by atoms with Gasteiger partial charge in [-0.3, -0.25) is 20.4 Å². The lowest BCUT2D eigenvalue weighted by atomic mass is 10.1. The zero-order valence-electron chi connectivity index (χ0n) is 12.3. The van der Waals surface area contributed by atoms with Gasteiger partial charge in [-0.2, -0.15) is 0 Å².